The molecule has 3 aromatic rings. The molecular formula is C21H23N5O2. The minimum atomic E-state index is -0.105. The number of imidazole rings is 1. The van der Waals surface area contributed by atoms with Gasteiger partial charge in [-0.05, 0) is 37.1 Å². The van der Waals surface area contributed by atoms with Gasteiger partial charge in [-0.3, -0.25) is 14.6 Å². The lowest BCUT2D eigenvalue weighted by molar-refractivity contribution is -0.130. The van der Waals surface area contributed by atoms with Gasteiger partial charge in [0, 0.05) is 38.1 Å². The first-order chi connectivity index (χ1) is 13.6. The molecule has 1 aliphatic heterocycles. The number of carbonyl (C=O) groups excluding carboxylic acids is 2. The van der Waals surface area contributed by atoms with E-state index < -0.39 is 0 Å². The summed E-state index contributed by atoms with van der Waals surface area (Å²) < 4.78 is 1.94. The normalized spacial score (nSPS) is 13.8. The Labute approximate surface area is 163 Å². The van der Waals surface area contributed by atoms with Gasteiger partial charge in [-0.2, -0.15) is 0 Å². The van der Waals surface area contributed by atoms with Gasteiger partial charge in [0.1, 0.15) is 12.4 Å². The highest BCUT2D eigenvalue weighted by molar-refractivity contribution is 5.93. The van der Waals surface area contributed by atoms with Crippen LogP contribution in [-0.2, 0) is 17.9 Å². The summed E-state index contributed by atoms with van der Waals surface area (Å²) in [6.07, 6.45) is 5.33. The maximum absolute atomic E-state index is 12.7. The molecule has 0 N–H and O–H groups in total. The van der Waals surface area contributed by atoms with Gasteiger partial charge in [0.25, 0.3) is 5.91 Å². The van der Waals surface area contributed by atoms with Gasteiger partial charge < -0.3 is 14.4 Å². The number of likely N-dealkylation sites (tertiary alicyclic amines) is 1. The van der Waals surface area contributed by atoms with Crippen molar-refractivity contribution in [3.63, 3.8) is 0 Å². The van der Waals surface area contributed by atoms with Crippen LogP contribution >= 0.6 is 0 Å². The van der Waals surface area contributed by atoms with E-state index in [0.717, 1.165) is 37.0 Å². The lowest BCUT2D eigenvalue weighted by Gasteiger charge is -2.20. The number of benzene rings is 1. The fraction of sp³-hybridized carbons (Fsp3) is 0.333. The SMILES string of the molecule is CN(Cc1nc2ccccc2n1CC(=O)N1CCCC1)C(=O)c1ccncc1. The average Bonchev–Trinajstić information content (AvgIpc) is 3.37. The molecule has 7 nitrogen and oxygen atoms in total. The largest absolute Gasteiger partial charge is 0.341 e. The van der Waals surface area contributed by atoms with Gasteiger partial charge in [-0.15, -0.1) is 0 Å². The molecule has 0 saturated carbocycles. The third-order valence-corrected chi connectivity index (χ3v) is 5.14. The minimum Gasteiger partial charge on any atom is -0.341 e. The van der Waals surface area contributed by atoms with Crippen LogP contribution in [0.3, 0.4) is 0 Å². The smallest absolute Gasteiger partial charge is 0.254 e. The zero-order valence-corrected chi connectivity index (χ0v) is 15.9. The van der Waals surface area contributed by atoms with E-state index in [-0.39, 0.29) is 18.4 Å². The molecule has 1 aliphatic rings. The predicted molar refractivity (Wildman–Crippen MR) is 106 cm³/mol. The van der Waals surface area contributed by atoms with Crippen molar-refractivity contribution in [3.8, 4) is 0 Å². The molecule has 0 spiro atoms. The van der Waals surface area contributed by atoms with E-state index in [1.54, 1.807) is 36.5 Å². The summed E-state index contributed by atoms with van der Waals surface area (Å²) >= 11 is 0. The van der Waals surface area contributed by atoms with Crippen LogP contribution in [0.2, 0.25) is 0 Å². The van der Waals surface area contributed by atoms with E-state index in [4.69, 9.17) is 4.98 Å². The van der Waals surface area contributed by atoms with Gasteiger partial charge >= 0.3 is 0 Å². The minimum absolute atomic E-state index is 0.102. The van der Waals surface area contributed by atoms with Crippen LogP contribution in [0.15, 0.2) is 48.8 Å². The number of pyridine rings is 1. The number of para-hydroxylation sites is 2. The number of rotatable bonds is 5. The van der Waals surface area contributed by atoms with E-state index in [1.807, 2.05) is 33.7 Å². The molecule has 1 saturated heterocycles. The predicted octanol–water partition coefficient (Wildman–Crippen LogP) is 2.33. The molecule has 1 aromatic carbocycles. The molecule has 0 bridgehead atoms. The van der Waals surface area contributed by atoms with Gasteiger partial charge in [0.05, 0.1) is 17.6 Å². The topological polar surface area (TPSA) is 71.3 Å². The van der Waals surface area contributed by atoms with Crippen LogP contribution in [0.1, 0.15) is 29.0 Å². The van der Waals surface area contributed by atoms with Crippen LogP contribution in [0.4, 0.5) is 0 Å². The van der Waals surface area contributed by atoms with Crippen molar-refractivity contribution in [2.45, 2.75) is 25.9 Å². The third-order valence-electron chi connectivity index (χ3n) is 5.14. The third kappa shape index (κ3) is 3.60. The second-order valence-corrected chi connectivity index (χ2v) is 7.09. The summed E-state index contributed by atoms with van der Waals surface area (Å²) in [4.78, 5) is 37.6. The number of fused-ring (bicyclic) bond motifs is 1. The number of carbonyl (C=O) groups is 2. The van der Waals surface area contributed by atoms with Gasteiger partial charge in [-0.1, -0.05) is 12.1 Å². The van der Waals surface area contributed by atoms with Crippen molar-refractivity contribution in [1.29, 1.82) is 0 Å². The van der Waals surface area contributed by atoms with Crippen molar-refractivity contribution in [2.24, 2.45) is 0 Å². The molecule has 3 heterocycles. The van der Waals surface area contributed by atoms with Gasteiger partial charge in [0.15, 0.2) is 0 Å². The molecule has 0 atom stereocenters. The van der Waals surface area contributed by atoms with Gasteiger partial charge in [-0.25, -0.2) is 4.98 Å². The molecule has 0 radical (unpaired) electrons. The van der Waals surface area contributed by atoms with E-state index in [1.165, 1.54) is 0 Å². The highest BCUT2D eigenvalue weighted by Gasteiger charge is 2.22. The summed E-state index contributed by atoms with van der Waals surface area (Å²) in [5.74, 6) is 0.704. The van der Waals surface area contributed by atoms with E-state index in [0.29, 0.717) is 17.9 Å². The summed E-state index contributed by atoms with van der Waals surface area (Å²) in [5, 5.41) is 0. The van der Waals surface area contributed by atoms with Crippen LogP contribution in [0, 0.1) is 0 Å². The Kier molecular flexibility index (Phi) is 5.06. The van der Waals surface area contributed by atoms with Crippen LogP contribution in [-0.4, -0.2) is 56.3 Å². The van der Waals surface area contributed by atoms with Crippen molar-refractivity contribution >= 4 is 22.8 Å². The summed E-state index contributed by atoms with van der Waals surface area (Å²) in [6, 6.07) is 11.2. The maximum atomic E-state index is 12.7. The molecule has 4 rings (SSSR count). The lowest BCUT2D eigenvalue weighted by Crippen LogP contribution is -2.33. The van der Waals surface area contributed by atoms with E-state index >= 15 is 0 Å². The fourth-order valence-corrected chi connectivity index (χ4v) is 3.62. The lowest BCUT2D eigenvalue weighted by atomic mass is 10.2. The second-order valence-electron chi connectivity index (χ2n) is 7.09. The molecule has 144 valence electrons. The molecule has 2 aromatic heterocycles. The molecular weight excluding hydrogens is 354 g/mol. The summed E-state index contributed by atoms with van der Waals surface area (Å²) in [6.45, 7) is 2.21. The number of hydrogen-bond donors (Lipinski definition) is 0. The standard InChI is InChI=1S/C21H23N5O2/c1-24(21(28)16-8-10-22-11-9-16)14-19-23-17-6-2-3-7-18(17)26(19)15-20(27)25-12-4-5-13-25/h2-3,6-11H,4-5,12-15H2,1H3. The number of nitrogens with zero attached hydrogens (tertiary/aromatic N) is 5. The van der Waals surface area contributed by atoms with Crippen molar-refractivity contribution in [3.05, 3.63) is 60.2 Å². The van der Waals surface area contributed by atoms with Crippen molar-refractivity contribution in [2.75, 3.05) is 20.1 Å². The first-order valence-corrected chi connectivity index (χ1v) is 9.51. The number of hydrogen-bond acceptors (Lipinski definition) is 4. The molecule has 1 fully saturated rings. The first-order valence-electron chi connectivity index (χ1n) is 9.51. The van der Waals surface area contributed by atoms with E-state index in [9.17, 15) is 9.59 Å². The highest BCUT2D eigenvalue weighted by Crippen LogP contribution is 2.19. The first kappa shape index (κ1) is 18.2. The van der Waals surface area contributed by atoms with Crippen LogP contribution in [0.25, 0.3) is 11.0 Å². The molecule has 7 heteroatoms. The Bertz CT molecular complexity index is 992. The van der Waals surface area contributed by atoms with Crippen molar-refractivity contribution in [1.82, 2.24) is 24.3 Å². The van der Waals surface area contributed by atoms with Crippen molar-refractivity contribution < 1.29 is 9.59 Å². The second kappa shape index (κ2) is 7.80. The monoisotopic (exact) mass is 377 g/mol. The summed E-state index contributed by atoms with van der Waals surface area (Å²) in [5.41, 5.74) is 2.32. The van der Waals surface area contributed by atoms with Gasteiger partial charge in [0.2, 0.25) is 5.91 Å². The van der Waals surface area contributed by atoms with Crippen LogP contribution < -0.4 is 0 Å². The zero-order chi connectivity index (χ0) is 19.5. The summed E-state index contributed by atoms with van der Waals surface area (Å²) in [7, 11) is 1.74. The van der Waals surface area contributed by atoms with Crippen LogP contribution in [0.5, 0.6) is 0 Å². The quantitative estimate of drug-likeness (QED) is 0.684. The molecule has 28 heavy (non-hydrogen) atoms. The number of amides is 2. The zero-order valence-electron chi connectivity index (χ0n) is 15.9. The Balaban J connectivity index is 1.60. The Hall–Kier alpha value is -3.22. The van der Waals surface area contributed by atoms with E-state index in [2.05, 4.69) is 4.98 Å². The average molecular weight is 377 g/mol. The number of aromatic nitrogens is 3. The highest BCUT2D eigenvalue weighted by atomic mass is 16.2. The molecule has 2 amide bonds. The Morgan fingerprint density at radius 3 is 2.54 bits per heavy atom. The Morgan fingerprint density at radius 2 is 1.79 bits per heavy atom. The maximum Gasteiger partial charge on any atom is 0.254 e. The molecule has 0 aliphatic carbocycles. The molecule has 0 unspecified atom stereocenters. The fourth-order valence-electron chi connectivity index (χ4n) is 3.62. The Morgan fingerprint density at radius 1 is 1.07 bits per heavy atom.